The SMILES string of the molecule is C.C.C.C.C=COC[C@]1(C)C[C@@H](Cc2ccc(-c3cc(Cl)ccc3F)cc2)N(C(=O)OC(C)(C)C)C1=O.CC(C)(C)OC(=O)N1C(=O)[C@](C)(CO)C[C@H]1Cc1ccc(-c2cc(Cl)ccc2F)cc1.CCOC[C@@](C)([C-]=O)C[C@H](CC(=O)OC(C)(C)C)Cc1ccc(-c2cc(Cl)ccc2F)cc1.CCOC[C@]1(C)C[C@@H](Cc2ccc(-c3cc(Cl)ccc3F)cc2)N(C(=O)OC(C)(C)C)C1=O.[Li+].[OH-]. The molecule has 0 unspecified atom stereocenters. The summed E-state index contributed by atoms with van der Waals surface area (Å²) in [6.07, 6.45) is 5.05. The average Bonchev–Trinajstić information content (AvgIpc) is 1.63. The van der Waals surface area contributed by atoms with Crippen LogP contribution >= 0.6 is 46.4 Å². The van der Waals surface area contributed by atoms with Crippen LogP contribution in [0.1, 0.15) is 209 Å². The summed E-state index contributed by atoms with van der Waals surface area (Å²) in [5.41, 5.74) is 1.79. The number of benzene rings is 8. The third-order valence-electron chi connectivity index (χ3n) is 21.8. The Kier molecular flexibility index (Phi) is 47.4. The number of hydrogen-bond donors (Lipinski definition) is 1. The van der Waals surface area contributed by atoms with Crippen LogP contribution < -0.4 is 18.9 Å². The van der Waals surface area contributed by atoms with Gasteiger partial charge in [0.1, 0.15) is 52.3 Å². The molecule has 8 aromatic carbocycles. The molecular formula is C107H137Cl4F4LiN3O17-. The minimum absolute atomic E-state index is 0. The Balaban J connectivity index is 0.000000605. The maximum atomic E-state index is 14.2. The number of aliphatic hydroxyl groups is 1. The van der Waals surface area contributed by atoms with E-state index in [1.54, 1.807) is 132 Å². The van der Waals surface area contributed by atoms with Crippen LogP contribution in [0.3, 0.4) is 0 Å². The van der Waals surface area contributed by atoms with Gasteiger partial charge in [0.2, 0.25) is 17.7 Å². The number of imide groups is 3. The molecule has 29 heteroatoms. The topological polar surface area (TPSA) is 261 Å². The van der Waals surface area contributed by atoms with E-state index in [1.165, 1.54) is 64.6 Å². The van der Waals surface area contributed by atoms with Crippen LogP contribution in [0.2, 0.25) is 20.1 Å². The number of aliphatic hydroxyl groups excluding tert-OH is 1. The van der Waals surface area contributed by atoms with Crippen molar-refractivity contribution in [3.63, 3.8) is 0 Å². The normalized spacial score (nSPS) is 18.4. The van der Waals surface area contributed by atoms with Crippen molar-refractivity contribution in [3.8, 4) is 44.5 Å². The van der Waals surface area contributed by atoms with Crippen LogP contribution in [0, 0.1) is 50.8 Å². The van der Waals surface area contributed by atoms with E-state index >= 15 is 0 Å². The average molecular weight is 1960 g/mol. The van der Waals surface area contributed by atoms with Crippen molar-refractivity contribution >= 4 is 94.7 Å². The third kappa shape index (κ3) is 34.9. The van der Waals surface area contributed by atoms with Gasteiger partial charge >= 0.3 is 43.1 Å². The van der Waals surface area contributed by atoms with E-state index in [0.29, 0.717) is 129 Å². The van der Waals surface area contributed by atoms with Gasteiger partial charge in [0.25, 0.3) is 0 Å². The van der Waals surface area contributed by atoms with Gasteiger partial charge in [0, 0.05) is 86.7 Å². The fourth-order valence-electron chi connectivity index (χ4n) is 15.8. The summed E-state index contributed by atoms with van der Waals surface area (Å²) >= 11 is 24.0. The number of amides is 6. The molecule has 3 saturated heterocycles. The quantitative estimate of drug-likeness (QED) is 0.0125. The number of esters is 1. The smallest absolute Gasteiger partial charge is 0.870 e. The fraction of sp³-hybridized carbons (Fsp3) is 0.458. The largest absolute Gasteiger partial charge is 1.00 e. The Labute approximate surface area is 835 Å². The predicted molar refractivity (Wildman–Crippen MR) is 528 cm³/mol. The van der Waals surface area contributed by atoms with Gasteiger partial charge < -0.3 is 48.5 Å². The summed E-state index contributed by atoms with van der Waals surface area (Å²) in [5.74, 6) is -2.94. The van der Waals surface area contributed by atoms with E-state index in [9.17, 15) is 61.0 Å². The van der Waals surface area contributed by atoms with Crippen molar-refractivity contribution in [3.05, 3.63) is 248 Å². The van der Waals surface area contributed by atoms with E-state index in [2.05, 4.69) is 12.9 Å². The molecule has 3 fully saturated rings. The molecule has 0 aromatic heterocycles. The van der Waals surface area contributed by atoms with Crippen molar-refractivity contribution in [2.45, 2.75) is 253 Å². The molecular weight excluding hydrogens is 1820 g/mol. The predicted octanol–water partition coefficient (Wildman–Crippen LogP) is 23.8. The molecule has 11 rings (SSSR count). The van der Waals surface area contributed by atoms with Crippen LogP contribution in [0.15, 0.2) is 183 Å². The van der Waals surface area contributed by atoms with Gasteiger partial charge in [-0.1, -0.05) is 193 Å². The minimum atomic E-state index is -1.04. The Morgan fingerprint density at radius 3 is 1.01 bits per heavy atom. The number of carbonyl (C=O) groups excluding carboxylic acids is 8. The summed E-state index contributed by atoms with van der Waals surface area (Å²) in [7, 11) is 0. The van der Waals surface area contributed by atoms with Crippen molar-refractivity contribution in [1.29, 1.82) is 0 Å². The molecule has 0 saturated carbocycles. The number of nitrogens with zero attached hydrogens (tertiary/aromatic N) is 3. The second-order valence-electron chi connectivity index (χ2n) is 38.3. The van der Waals surface area contributed by atoms with Crippen LogP contribution in [0.5, 0.6) is 0 Å². The first-order valence-electron chi connectivity index (χ1n) is 43.2. The van der Waals surface area contributed by atoms with E-state index in [-0.39, 0.29) is 140 Å². The first kappa shape index (κ1) is 123. The Morgan fingerprint density at radius 1 is 0.456 bits per heavy atom. The third-order valence-corrected chi connectivity index (χ3v) is 22.8. The Morgan fingerprint density at radius 2 is 0.735 bits per heavy atom. The number of hydrogen-bond acceptors (Lipinski definition) is 17. The molecule has 0 bridgehead atoms. The van der Waals surface area contributed by atoms with Gasteiger partial charge in [-0.05, 0) is 286 Å². The molecule has 3 heterocycles. The molecule has 3 aliphatic heterocycles. The van der Waals surface area contributed by atoms with Crippen LogP contribution in [0.4, 0.5) is 31.9 Å². The number of rotatable bonds is 27. The number of ether oxygens (including phenoxy) is 7. The van der Waals surface area contributed by atoms with E-state index < -0.39 is 80.3 Å². The fourth-order valence-corrected chi connectivity index (χ4v) is 16.5. The van der Waals surface area contributed by atoms with E-state index in [0.717, 1.165) is 27.2 Å². The molecule has 8 atom stereocenters. The molecule has 20 nitrogen and oxygen atoms in total. The Hall–Kier alpha value is -9.42. The van der Waals surface area contributed by atoms with Crippen molar-refractivity contribution in [2.75, 3.05) is 39.6 Å². The maximum absolute atomic E-state index is 14.2. The van der Waals surface area contributed by atoms with E-state index in [4.69, 9.17) is 79.6 Å². The minimum Gasteiger partial charge on any atom is -0.870 e. The zero-order chi connectivity index (χ0) is 96.4. The maximum Gasteiger partial charge on any atom is 1.00 e. The molecule has 2 N–H and O–H groups in total. The summed E-state index contributed by atoms with van der Waals surface area (Å²) in [6.45, 7) is 36.8. The Bertz CT molecular complexity index is 5300. The van der Waals surface area contributed by atoms with Crippen LogP contribution in [-0.2, 0) is 82.8 Å². The molecule has 0 spiro atoms. The molecule has 3 aliphatic rings. The first-order chi connectivity index (χ1) is 60.7. The van der Waals surface area contributed by atoms with Gasteiger partial charge in [-0.2, -0.15) is 0 Å². The van der Waals surface area contributed by atoms with Crippen molar-refractivity contribution in [1.82, 2.24) is 14.7 Å². The second kappa shape index (κ2) is 52.6. The van der Waals surface area contributed by atoms with Gasteiger partial charge in [-0.3, -0.25) is 25.5 Å². The number of carbonyl (C=O) groups is 7. The van der Waals surface area contributed by atoms with Gasteiger partial charge in [0.05, 0.1) is 35.7 Å². The van der Waals surface area contributed by atoms with Gasteiger partial charge in [-0.15, -0.1) is 5.41 Å². The van der Waals surface area contributed by atoms with E-state index in [1.807, 2.05) is 114 Å². The molecule has 8 aromatic rings. The molecule has 6 amide bonds. The molecule has 0 radical (unpaired) electrons. The molecule has 136 heavy (non-hydrogen) atoms. The molecule has 740 valence electrons. The van der Waals surface area contributed by atoms with Crippen LogP contribution in [0.25, 0.3) is 44.5 Å². The van der Waals surface area contributed by atoms with Gasteiger partial charge in [0.15, 0.2) is 0 Å². The number of halogens is 8. The first-order valence-corrected chi connectivity index (χ1v) is 44.7. The monoisotopic (exact) mass is 1960 g/mol. The zero-order valence-corrected chi connectivity index (χ0v) is 81.8. The van der Waals surface area contributed by atoms with Crippen molar-refractivity contribution < 1.29 is 119 Å². The summed E-state index contributed by atoms with van der Waals surface area (Å²) < 4.78 is 95.2. The summed E-state index contributed by atoms with van der Waals surface area (Å²) in [5, 5.41) is 11.6. The zero-order valence-electron chi connectivity index (χ0n) is 78.7. The second-order valence-corrected chi connectivity index (χ2v) is 40.0. The molecule has 0 aliphatic carbocycles. The van der Waals surface area contributed by atoms with Crippen LogP contribution in [-0.4, -0.2) is 154 Å². The number of likely N-dealkylation sites (tertiary alicyclic amines) is 3. The summed E-state index contributed by atoms with van der Waals surface area (Å²) in [6, 6.07) is 45.9. The standard InChI is InChI=1S/C27H33ClFO4.C26H31ClFNO4.C26H29ClFNO4.C24H27ClFNO4.4CH4.Li.H2O/c1-6-32-18-27(5,17-30)16-20(14-25(31)33-26(2,3)4)13-19-7-9-21(10-8-19)23-15-22(28)11-12-24(23)29;2*1-6-32-16-26(5)15-20(29(23(26)30)24(31)33-25(2,3)4)13-17-7-9-18(10-8-17)21-14-19(27)11-12-22(21)28;1-23(2,3)31-22(30)27-18(13-24(4,14-28)21(27)29)11-15-5-7-16(8-6-15)19-12-17(25)9-10-20(19)26;;;;;;/h7-12,15,20H,6,13-14,16,18H2,1-5H3;7-12,14,20H,6,13,15-16H2,1-5H3;6-12,14,20H,1,13,15-16H2,2-5H3;5-10,12,18,28H,11,13-14H2,1-4H3;4*1H4;;1H2/q-1;;;;;;;;+1;/p-1/t20-,27+;2*20-,26+;18-,24+;;;;;;/m0111....../s1. The van der Waals surface area contributed by atoms with Crippen molar-refractivity contribution in [2.24, 2.45) is 27.6 Å². The summed E-state index contributed by atoms with van der Waals surface area (Å²) in [4.78, 5) is 106. The van der Waals surface area contributed by atoms with Gasteiger partial charge in [-0.25, -0.2) is 46.6 Å².